The molecule has 0 spiro atoms. The highest BCUT2D eigenvalue weighted by molar-refractivity contribution is 6.01. The molecule has 0 aromatic carbocycles. The normalized spacial score (nSPS) is 52.7. The molecule has 3 fully saturated rings. The van der Waals surface area contributed by atoms with E-state index >= 15 is 8.78 Å². The topological polar surface area (TPSA) is 54.4 Å². The lowest BCUT2D eigenvalue weighted by Crippen LogP contribution is -2.67. The number of carbonyl (C=O) groups excluding carboxylic acids is 2. The Balaban J connectivity index is 1.89. The predicted molar refractivity (Wildman–Crippen MR) is 92.4 cm³/mol. The van der Waals surface area contributed by atoms with Crippen LogP contribution in [0, 0.1) is 28.6 Å². The summed E-state index contributed by atoms with van der Waals surface area (Å²) in [6.45, 7) is 5.38. The van der Waals surface area contributed by atoms with E-state index < -0.39 is 34.7 Å². The average Bonchev–Trinajstić information content (AvgIpc) is 2.82. The molecule has 3 nitrogen and oxygen atoms in total. The summed E-state index contributed by atoms with van der Waals surface area (Å²) in [7, 11) is 0. The van der Waals surface area contributed by atoms with E-state index in [9.17, 15) is 14.7 Å². The van der Waals surface area contributed by atoms with Crippen molar-refractivity contribution in [1.29, 1.82) is 0 Å². The summed E-state index contributed by atoms with van der Waals surface area (Å²) in [5.41, 5.74) is -3.38. The van der Waals surface area contributed by atoms with E-state index in [1.807, 2.05) is 19.8 Å². The summed E-state index contributed by atoms with van der Waals surface area (Å²) in [6.07, 6.45) is 1.75. The lowest BCUT2D eigenvalue weighted by atomic mass is 9.45. The first kappa shape index (κ1) is 17.8. The molecule has 0 amide bonds. The third-order valence-electron chi connectivity index (χ3n) is 7.84. The van der Waals surface area contributed by atoms with Gasteiger partial charge in [0.15, 0.2) is 11.5 Å². The molecule has 0 heterocycles. The maximum Gasteiger partial charge on any atom is 0.178 e. The SMILES string of the molecule is C[C@@H]1C[C@H]2[C@@H]3C[C@H](F)C4=CC(=O)C=C[C@]4(C)[C@@]3(F)[C@@H](O)C[C@]2(C)C1=C=O. The zero-order valence-corrected chi connectivity index (χ0v) is 15.3. The van der Waals surface area contributed by atoms with Gasteiger partial charge in [-0.2, -0.15) is 0 Å². The van der Waals surface area contributed by atoms with Gasteiger partial charge >= 0.3 is 0 Å². The average molecular weight is 362 g/mol. The fourth-order valence-electron chi connectivity index (χ4n) is 6.58. The van der Waals surface area contributed by atoms with Gasteiger partial charge in [0.2, 0.25) is 0 Å². The van der Waals surface area contributed by atoms with Crippen molar-refractivity contribution < 1.29 is 23.5 Å². The van der Waals surface area contributed by atoms with Crippen LogP contribution in [0.4, 0.5) is 8.78 Å². The Hall–Kier alpha value is -1.58. The van der Waals surface area contributed by atoms with Gasteiger partial charge < -0.3 is 5.11 Å². The first-order valence-corrected chi connectivity index (χ1v) is 9.31. The molecule has 1 N–H and O–H groups in total. The van der Waals surface area contributed by atoms with Gasteiger partial charge in [-0.05, 0) is 55.7 Å². The minimum absolute atomic E-state index is 0.0525. The van der Waals surface area contributed by atoms with E-state index in [0.717, 1.165) is 0 Å². The highest BCUT2D eigenvalue weighted by atomic mass is 19.1. The number of hydrogen-bond donors (Lipinski definition) is 1. The van der Waals surface area contributed by atoms with Crippen molar-refractivity contribution in [2.45, 2.75) is 58.0 Å². The second kappa shape index (κ2) is 5.24. The van der Waals surface area contributed by atoms with Crippen molar-refractivity contribution in [3.63, 3.8) is 0 Å². The molecule has 0 aromatic rings. The van der Waals surface area contributed by atoms with Crippen molar-refractivity contribution in [2.24, 2.45) is 28.6 Å². The fourth-order valence-corrected chi connectivity index (χ4v) is 6.58. The predicted octanol–water partition coefficient (Wildman–Crippen LogP) is 3.31. The molecule has 0 aliphatic heterocycles. The number of fused-ring (bicyclic) bond motifs is 5. The number of aliphatic hydroxyl groups is 1. The largest absolute Gasteiger partial charge is 0.390 e. The Morgan fingerprint density at radius 2 is 1.96 bits per heavy atom. The Kier molecular flexibility index (Phi) is 3.59. The van der Waals surface area contributed by atoms with Crippen LogP contribution in [0.2, 0.25) is 0 Å². The summed E-state index contributed by atoms with van der Waals surface area (Å²) in [4.78, 5) is 23.3. The highest BCUT2D eigenvalue weighted by Crippen LogP contribution is 2.69. The first-order valence-electron chi connectivity index (χ1n) is 9.31. The monoisotopic (exact) mass is 362 g/mol. The van der Waals surface area contributed by atoms with Crippen LogP contribution in [-0.2, 0) is 9.59 Å². The van der Waals surface area contributed by atoms with Crippen molar-refractivity contribution in [2.75, 3.05) is 0 Å². The van der Waals surface area contributed by atoms with E-state index in [0.29, 0.717) is 12.0 Å². The van der Waals surface area contributed by atoms with Gasteiger partial charge in [-0.1, -0.05) is 19.9 Å². The number of rotatable bonds is 0. The zero-order chi connectivity index (χ0) is 19.1. The fraction of sp³-hybridized carbons (Fsp3) is 0.667. The Morgan fingerprint density at radius 3 is 2.62 bits per heavy atom. The summed E-state index contributed by atoms with van der Waals surface area (Å²) in [5.74, 6) is 0.678. The van der Waals surface area contributed by atoms with Gasteiger partial charge in [-0.25, -0.2) is 13.6 Å². The van der Waals surface area contributed by atoms with Crippen LogP contribution in [0.1, 0.15) is 40.0 Å². The van der Waals surface area contributed by atoms with Gasteiger partial charge in [0.1, 0.15) is 12.1 Å². The van der Waals surface area contributed by atoms with Crippen molar-refractivity contribution in [1.82, 2.24) is 0 Å². The van der Waals surface area contributed by atoms with Gasteiger partial charge in [-0.15, -0.1) is 0 Å². The standard InChI is InChI=1S/C21H24F2O3/c1-11-6-13-14-8-17(22)15-7-12(25)4-5-20(15,3)21(14,23)18(26)9-19(13,2)16(11)10-24/h4-5,7,11,13-14,17-18,26H,6,8-9H2,1-3H3/t11-,13+,14+,17+,18+,19+,20+,21+/m1/s1. The number of aliphatic hydroxyl groups excluding tert-OH is 1. The molecule has 4 rings (SSSR count). The number of alkyl halides is 2. The number of halogens is 2. The maximum atomic E-state index is 16.7. The van der Waals surface area contributed by atoms with Crippen molar-refractivity contribution >= 4 is 11.7 Å². The number of hydrogen-bond acceptors (Lipinski definition) is 3. The maximum absolute atomic E-state index is 16.7. The first-order chi connectivity index (χ1) is 12.1. The molecule has 5 heteroatoms. The summed E-state index contributed by atoms with van der Waals surface area (Å²) < 4.78 is 31.7. The Labute approximate surface area is 151 Å². The molecule has 0 bridgehead atoms. The molecule has 0 saturated heterocycles. The third kappa shape index (κ3) is 1.86. The molecule has 0 radical (unpaired) electrons. The highest BCUT2D eigenvalue weighted by Gasteiger charge is 2.72. The molecule has 26 heavy (non-hydrogen) atoms. The van der Waals surface area contributed by atoms with Gasteiger partial charge in [0.05, 0.1) is 6.10 Å². The lowest BCUT2D eigenvalue weighted by Gasteiger charge is -2.61. The summed E-state index contributed by atoms with van der Waals surface area (Å²) in [6, 6.07) is 0. The minimum Gasteiger partial charge on any atom is -0.390 e. The van der Waals surface area contributed by atoms with Crippen LogP contribution in [0.3, 0.4) is 0 Å². The van der Waals surface area contributed by atoms with Crippen LogP contribution in [-0.4, -0.2) is 34.8 Å². The van der Waals surface area contributed by atoms with Crippen LogP contribution >= 0.6 is 0 Å². The summed E-state index contributed by atoms with van der Waals surface area (Å²) in [5, 5.41) is 10.9. The number of carbonyl (C=O) groups is 1. The van der Waals surface area contributed by atoms with Crippen molar-refractivity contribution in [3.8, 4) is 0 Å². The zero-order valence-electron chi connectivity index (χ0n) is 15.3. The Morgan fingerprint density at radius 1 is 1.27 bits per heavy atom. The molecular formula is C21H24F2O3. The third-order valence-corrected chi connectivity index (χ3v) is 7.84. The van der Waals surface area contributed by atoms with Crippen molar-refractivity contribution in [3.05, 3.63) is 29.4 Å². The van der Waals surface area contributed by atoms with E-state index in [1.165, 1.54) is 18.2 Å². The van der Waals surface area contributed by atoms with Gasteiger partial charge in [0, 0.05) is 22.3 Å². The molecular weight excluding hydrogens is 338 g/mol. The molecule has 0 unspecified atom stereocenters. The second-order valence-corrected chi connectivity index (χ2v) is 9.01. The van der Waals surface area contributed by atoms with Crippen LogP contribution < -0.4 is 0 Å². The lowest BCUT2D eigenvalue weighted by molar-refractivity contribution is -0.191. The molecule has 3 saturated carbocycles. The molecule has 8 atom stereocenters. The molecule has 4 aliphatic carbocycles. The van der Waals surface area contributed by atoms with Gasteiger partial charge in [0.25, 0.3) is 0 Å². The van der Waals surface area contributed by atoms with Crippen LogP contribution in [0.15, 0.2) is 29.4 Å². The van der Waals surface area contributed by atoms with E-state index in [1.54, 1.807) is 6.92 Å². The summed E-state index contributed by atoms with van der Waals surface area (Å²) >= 11 is 0. The smallest absolute Gasteiger partial charge is 0.178 e. The molecule has 140 valence electrons. The van der Waals surface area contributed by atoms with Gasteiger partial charge in [-0.3, -0.25) is 4.79 Å². The van der Waals surface area contributed by atoms with Crippen LogP contribution in [0.5, 0.6) is 0 Å². The van der Waals surface area contributed by atoms with E-state index in [-0.39, 0.29) is 36.0 Å². The molecule has 4 aliphatic rings. The number of allylic oxidation sites excluding steroid dienone is 5. The van der Waals surface area contributed by atoms with Crippen LogP contribution in [0.25, 0.3) is 0 Å². The van der Waals surface area contributed by atoms with E-state index in [2.05, 4.69) is 0 Å². The second-order valence-electron chi connectivity index (χ2n) is 9.01. The van der Waals surface area contributed by atoms with E-state index in [4.69, 9.17) is 0 Å². The minimum atomic E-state index is -2.07. The quantitative estimate of drug-likeness (QED) is 0.673. The Bertz CT molecular complexity index is 795. The number of ketones is 1. The molecule has 0 aromatic heterocycles.